The number of hydrogen-bond donors (Lipinski definition) is 2. The highest BCUT2D eigenvalue weighted by molar-refractivity contribution is 5.98. The average Bonchev–Trinajstić information content (AvgIpc) is 2.84. The fraction of sp³-hybridized carbons (Fsp3) is 0.286. The van der Waals surface area contributed by atoms with E-state index in [1.807, 2.05) is 6.92 Å². The van der Waals surface area contributed by atoms with Crippen LogP contribution in [0.4, 0.5) is 5.69 Å². The molecule has 0 spiro atoms. The number of para-hydroxylation sites is 1. The molecule has 3 N–H and O–H groups in total. The maximum absolute atomic E-state index is 12.2. The minimum atomic E-state index is -0.263. The third-order valence-corrected chi connectivity index (χ3v) is 2.69. The molecule has 0 aliphatic heterocycles. The van der Waals surface area contributed by atoms with Crippen LogP contribution in [0.5, 0.6) is 5.75 Å². The Balaban J connectivity index is 2.10. The fourth-order valence-electron chi connectivity index (χ4n) is 1.81. The zero-order valence-corrected chi connectivity index (χ0v) is 11.5. The second kappa shape index (κ2) is 6.10. The molecule has 6 nitrogen and oxygen atoms in total. The molecule has 0 saturated carbocycles. The van der Waals surface area contributed by atoms with Crippen LogP contribution in [0, 0.1) is 6.92 Å². The molecule has 1 amide bonds. The minimum absolute atomic E-state index is 0.263. The molecule has 0 aliphatic carbocycles. The van der Waals surface area contributed by atoms with Crippen molar-refractivity contribution in [1.82, 2.24) is 10.5 Å². The van der Waals surface area contributed by atoms with E-state index in [2.05, 4.69) is 10.5 Å². The van der Waals surface area contributed by atoms with Crippen LogP contribution >= 0.6 is 0 Å². The van der Waals surface area contributed by atoms with Gasteiger partial charge in [0.05, 0.1) is 24.4 Å². The van der Waals surface area contributed by atoms with Gasteiger partial charge in [0.25, 0.3) is 5.91 Å². The Kier molecular flexibility index (Phi) is 4.24. The lowest BCUT2D eigenvalue weighted by Gasteiger charge is -2.12. The predicted molar refractivity (Wildman–Crippen MR) is 74.4 cm³/mol. The molecule has 0 saturated heterocycles. The van der Waals surface area contributed by atoms with Gasteiger partial charge in [0, 0.05) is 6.07 Å². The summed E-state index contributed by atoms with van der Waals surface area (Å²) in [4.78, 5) is 12.2. The van der Waals surface area contributed by atoms with Gasteiger partial charge in [0.2, 0.25) is 0 Å². The van der Waals surface area contributed by atoms with Gasteiger partial charge >= 0.3 is 0 Å². The number of rotatable bonds is 5. The molecule has 0 atom stereocenters. The molecule has 1 aromatic heterocycles. The van der Waals surface area contributed by atoms with Gasteiger partial charge in [-0.15, -0.1) is 0 Å². The lowest BCUT2D eigenvalue weighted by Crippen LogP contribution is -2.24. The number of aryl methyl sites for hydroxylation is 1. The highest BCUT2D eigenvalue weighted by Gasteiger charge is 2.15. The minimum Gasteiger partial charge on any atom is -0.491 e. The molecule has 0 radical (unpaired) electrons. The van der Waals surface area contributed by atoms with Crippen LogP contribution in [0.15, 0.2) is 28.8 Å². The Morgan fingerprint density at radius 2 is 2.30 bits per heavy atom. The molecule has 2 aromatic rings. The Morgan fingerprint density at radius 3 is 2.95 bits per heavy atom. The maximum atomic E-state index is 12.2. The Labute approximate surface area is 116 Å². The standard InChI is InChI=1S/C14H17N3O3/c1-3-19-13-11(5-4-6-12(13)15)14(18)16-8-10-7-9(2)20-17-10/h4-7H,3,8,15H2,1-2H3,(H,16,18). The number of nitrogens with zero attached hydrogens (tertiary/aromatic N) is 1. The molecular weight excluding hydrogens is 258 g/mol. The molecule has 20 heavy (non-hydrogen) atoms. The summed E-state index contributed by atoms with van der Waals surface area (Å²) in [6.07, 6.45) is 0. The van der Waals surface area contributed by atoms with E-state index in [1.165, 1.54) is 0 Å². The van der Waals surface area contributed by atoms with Crippen molar-refractivity contribution >= 4 is 11.6 Å². The van der Waals surface area contributed by atoms with Gasteiger partial charge in [-0.1, -0.05) is 11.2 Å². The van der Waals surface area contributed by atoms with Crippen LogP contribution in [0.3, 0.4) is 0 Å². The van der Waals surface area contributed by atoms with Gasteiger partial charge in [0.15, 0.2) is 5.75 Å². The third kappa shape index (κ3) is 3.09. The summed E-state index contributed by atoms with van der Waals surface area (Å²) in [5.41, 5.74) is 7.34. The molecule has 0 bridgehead atoms. The van der Waals surface area contributed by atoms with Crippen molar-refractivity contribution in [3.8, 4) is 5.75 Å². The molecule has 0 aliphatic rings. The van der Waals surface area contributed by atoms with E-state index in [4.69, 9.17) is 15.0 Å². The first kappa shape index (κ1) is 13.9. The molecule has 0 unspecified atom stereocenters. The monoisotopic (exact) mass is 275 g/mol. The van der Waals surface area contributed by atoms with E-state index in [-0.39, 0.29) is 12.5 Å². The second-order valence-corrected chi connectivity index (χ2v) is 4.27. The Bertz CT molecular complexity index is 607. The van der Waals surface area contributed by atoms with Crippen LogP contribution in [0.1, 0.15) is 28.7 Å². The van der Waals surface area contributed by atoms with E-state index in [9.17, 15) is 4.79 Å². The quantitative estimate of drug-likeness (QED) is 0.813. The van der Waals surface area contributed by atoms with Crippen LogP contribution in [-0.2, 0) is 6.54 Å². The summed E-state index contributed by atoms with van der Waals surface area (Å²) in [7, 11) is 0. The Morgan fingerprint density at radius 1 is 1.50 bits per heavy atom. The van der Waals surface area contributed by atoms with Crippen LogP contribution in [0.25, 0.3) is 0 Å². The van der Waals surface area contributed by atoms with E-state index in [0.717, 1.165) is 0 Å². The lowest BCUT2D eigenvalue weighted by atomic mass is 10.1. The van der Waals surface area contributed by atoms with Gasteiger partial charge in [-0.2, -0.15) is 0 Å². The summed E-state index contributed by atoms with van der Waals surface area (Å²) in [6, 6.07) is 6.85. The van der Waals surface area contributed by atoms with Gasteiger partial charge in [0.1, 0.15) is 11.5 Å². The smallest absolute Gasteiger partial charge is 0.255 e. The topological polar surface area (TPSA) is 90.4 Å². The highest BCUT2D eigenvalue weighted by Crippen LogP contribution is 2.26. The zero-order chi connectivity index (χ0) is 14.5. The number of hydrogen-bond acceptors (Lipinski definition) is 5. The largest absolute Gasteiger partial charge is 0.491 e. The van der Waals surface area contributed by atoms with Crippen molar-refractivity contribution in [2.75, 3.05) is 12.3 Å². The van der Waals surface area contributed by atoms with Crippen molar-refractivity contribution in [1.29, 1.82) is 0 Å². The molecule has 2 rings (SSSR count). The fourth-order valence-corrected chi connectivity index (χ4v) is 1.81. The number of carbonyl (C=O) groups is 1. The number of nitrogen functional groups attached to an aromatic ring is 1. The van der Waals surface area contributed by atoms with Crippen molar-refractivity contribution in [2.45, 2.75) is 20.4 Å². The van der Waals surface area contributed by atoms with Gasteiger partial charge in [-0.3, -0.25) is 4.79 Å². The molecule has 0 fully saturated rings. The number of amides is 1. The van der Waals surface area contributed by atoms with Gasteiger partial charge < -0.3 is 20.3 Å². The predicted octanol–water partition coefficient (Wildman–Crippen LogP) is 1.89. The van der Waals surface area contributed by atoms with Crippen LogP contribution in [-0.4, -0.2) is 17.7 Å². The van der Waals surface area contributed by atoms with Crippen molar-refractivity contribution < 1.29 is 14.1 Å². The first-order chi connectivity index (χ1) is 9.61. The normalized spacial score (nSPS) is 10.3. The van der Waals surface area contributed by atoms with Crippen LogP contribution in [0.2, 0.25) is 0 Å². The first-order valence-electron chi connectivity index (χ1n) is 6.33. The average molecular weight is 275 g/mol. The van der Waals surface area contributed by atoms with Crippen molar-refractivity contribution in [2.24, 2.45) is 0 Å². The summed E-state index contributed by atoms with van der Waals surface area (Å²) in [6.45, 7) is 4.36. The number of benzene rings is 1. The number of anilines is 1. The van der Waals surface area contributed by atoms with E-state index < -0.39 is 0 Å². The third-order valence-electron chi connectivity index (χ3n) is 2.69. The summed E-state index contributed by atoms with van der Waals surface area (Å²) in [5.74, 6) is 0.846. The molecular formula is C14H17N3O3. The van der Waals surface area contributed by atoms with E-state index in [0.29, 0.717) is 35.1 Å². The van der Waals surface area contributed by atoms with Crippen LogP contribution < -0.4 is 15.8 Å². The van der Waals surface area contributed by atoms with Gasteiger partial charge in [-0.25, -0.2) is 0 Å². The molecule has 6 heteroatoms. The molecule has 1 aromatic carbocycles. The van der Waals surface area contributed by atoms with E-state index in [1.54, 1.807) is 31.2 Å². The summed E-state index contributed by atoms with van der Waals surface area (Å²) in [5, 5.41) is 6.57. The summed E-state index contributed by atoms with van der Waals surface area (Å²) < 4.78 is 10.4. The number of nitrogens with two attached hydrogens (primary N) is 1. The molecule has 106 valence electrons. The number of ether oxygens (including phenoxy) is 1. The highest BCUT2D eigenvalue weighted by atomic mass is 16.5. The first-order valence-corrected chi connectivity index (χ1v) is 6.33. The Hall–Kier alpha value is -2.50. The van der Waals surface area contributed by atoms with Gasteiger partial charge in [-0.05, 0) is 26.0 Å². The number of carbonyl (C=O) groups excluding carboxylic acids is 1. The lowest BCUT2D eigenvalue weighted by molar-refractivity contribution is 0.0946. The second-order valence-electron chi connectivity index (χ2n) is 4.27. The van der Waals surface area contributed by atoms with E-state index >= 15 is 0 Å². The number of nitrogens with one attached hydrogen (secondary N) is 1. The molecule has 1 heterocycles. The number of aromatic nitrogens is 1. The zero-order valence-electron chi connectivity index (χ0n) is 11.5. The SMILES string of the molecule is CCOc1c(N)cccc1C(=O)NCc1cc(C)on1. The van der Waals surface area contributed by atoms with Crippen molar-refractivity contribution in [3.05, 3.63) is 41.3 Å². The maximum Gasteiger partial charge on any atom is 0.255 e. The van der Waals surface area contributed by atoms with Crippen molar-refractivity contribution in [3.63, 3.8) is 0 Å². The summed E-state index contributed by atoms with van der Waals surface area (Å²) >= 11 is 0.